The highest BCUT2D eigenvalue weighted by atomic mass is 127. The molecule has 0 aliphatic rings. The molecule has 2 N–H and O–H groups in total. The summed E-state index contributed by atoms with van der Waals surface area (Å²) in [5.74, 6) is 0.893. The quantitative estimate of drug-likeness (QED) is 0.474. The Morgan fingerprint density at radius 2 is 1.52 bits per heavy atom. The van der Waals surface area contributed by atoms with Gasteiger partial charge in [0.15, 0.2) is 6.61 Å². The van der Waals surface area contributed by atoms with Crippen LogP contribution in [0.5, 0.6) is 11.5 Å². The molecule has 2 aromatic rings. The van der Waals surface area contributed by atoms with E-state index in [-0.39, 0.29) is 18.4 Å². The predicted octanol–water partition coefficient (Wildman–Crippen LogP) is 2.22. The third-order valence-electron chi connectivity index (χ3n) is 3.27. The van der Waals surface area contributed by atoms with Gasteiger partial charge in [-0.2, -0.15) is 0 Å². The lowest BCUT2D eigenvalue weighted by atomic mass is 10.2. The lowest BCUT2D eigenvalue weighted by Gasteiger charge is -2.09. The van der Waals surface area contributed by atoms with Crippen molar-refractivity contribution in [3.8, 4) is 11.5 Å². The molecular weight excluding hydrogens is 435 g/mol. The predicted molar refractivity (Wildman–Crippen MR) is 103 cm³/mol. The maximum absolute atomic E-state index is 11.9. The van der Waals surface area contributed by atoms with E-state index in [1.807, 2.05) is 24.3 Å². The van der Waals surface area contributed by atoms with Crippen LogP contribution in [-0.2, 0) is 4.79 Å². The van der Waals surface area contributed by atoms with E-state index in [0.717, 1.165) is 3.57 Å². The molecule has 0 aliphatic carbocycles. The van der Waals surface area contributed by atoms with Gasteiger partial charge < -0.3 is 20.1 Å². The van der Waals surface area contributed by atoms with Gasteiger partial charge in [-0.25, -0.2) is 0 Å². The van der Waals surface area contributed by atoms with Crippen molar-refractivity contribution in [2.75, 3.05) is 26.8 Å². The highest BCUT2D eigenvalue weighted by Crippen LogP contribution is 2.13. The summed E-state index contributed by atoms with van der Waals surface area (Å²) in [5.41, 5.74) is 0.536. The number of benzene rings is 2. The van der Waals surface area contributed by atoms with Crippen molar-refractivity contribution in [1.29, 1.82) is 0 Å². The van der Waals surface area contributed by atoms with Gasteiger partial charge in [0.2, 0.25) is 0 Å². The van der Waals surface area contributed by atoms with Gasteiger partial charge in [-0.1, -0.05) is 0 Å². The molecule has 0 aliphatic heterocycles. The van der Waals surface area contributed by atoms with Crippen LogP contribution in [0.2, 0.25) is 0 Å². The molecule has 0 saturated heterocycles. The molecule has 132 valence electrons. The number of hydrogen-bond donors (Lipinski definition) is 2. The lowest BCUT2D eigenvalue weighted by Crippen LogP contribution is -2.36. The van der Waals surface area contributed by atoms with Gasteiger partial charge in [0.1, 0.15) is 11.5 Å². The topological polar surface area (TPSA) is 76.7 Å². The van der Waals surface area contributed by atoms with E-state index in [1.54, 1.807) is 31.4 Å². The summed E-state index contributed by atoms with van der Waals surface area (Å²) >= 11 is 2.20. The van der Waals surface area contributed by atoms with Crippen LogP contribution in [0.1, 0.15) is 10.4 Å². The Balaban J connectivity index is 1.63. The van der Waals surface area contributed by atoms with Crippen LogP contribution in [0.25, 0.3) is 0 Å². The minimum atomic E-state index is -0.239. The zero-order valence-electron chi connectivity index (χ0n) is 13.8. The van der Waals surface area contributed by atoms with Gasteiger partial charge >= 0.3 is 0 Å². The second-order valence-corrected chi connectivity index (χ2v) is 6.32. The van der Waals surface area contributed by atoms with Crippen LogP contribution in [0.15, 0.2) is 48.5 Å². The largest absolute Gasteiger partial charge is 0.497 e. The molecule has 2 amide bonds. The number of rotatable bonds is 8. The molecule has 0 aromatic heterocycles. The van der Waals surface area contributed by atoms with Crippen LogP contribution >= 0.6 is 22.6 Å². The number of carbonyl (C=O) groups excluding carboxylic acids is 2. The van der Waals surface area contributed by atoms with E-state index < -0.39 is 0 Å². The first-order chi connectivity index (χ1) is 12.1. The maximum atomic E-state index is 11.9. The van der Waals surface area contributed by atoms with Crippen molar-refractivity contribution in [3.05, 3.63) is 57.7 Å². The van der Waals surface area contributed by atoms with E-state index in [9.17, 15) is 9.59 Å². The van der Waals surface area contributed by atoms with E-state index in [0.29, 0.717) is 30.2 Å². The standard InChI is InChI=1S/C18H19IN2O4/c1-24-15-6-2-13(3-7-15)18(23)21-11-10-20-17(22)12-25-16-8-4-14(19)5-9-16/h2-9H,10-12H2,1H3,(H,20,22)(H,21,23). The Kier molecular flexibility index (Phi) is 7.52. The third kappa shape index (κ3) is 6.61. The second kappa shape index (κ2) is 9.87. The summed E-state index contributed by atoms with van der Waals surface area (Å²) in [4.78, 5) is 23.6. The van der Waals surface area contributed by atoms with Crippen molar-refractivity contribution in [3.63, 3.8) is 0 Å². The second-order valence-electron chi connectivity index (χ2n) is 5.08. The minimum absolute atomic E-state index is 0.0625. The summed E-state index contributed by atoms with van der Waals surface area (Å²) in [6.45, 7) is 0.601. The van der Waals surface area contributed by atoms with E-state index >= 15 is 0 Å². The monoisotopic (exact) mass is 454 g/mol. The Morgan fingerprint density at radius 3 is 2.16 bits per heavy atom. The molecule has 0 atom stereocenters. The fourth-order valence-electron chi connectivity index (χ4n) is 1.95. The van der Waals surface area contributed by atoms with Crippen LogP contribution < -0.4 is 20.1 Å². The Morgan fingerprint density at radius 1 is 0.920 bits per heavy atom. The zero-order chi connectivity index (χ0) is 18.1. The summed E-state index contributed by atoms with van der Waals surface area (Å²) in [7, 11) is 1.57. The van der Waals surface area contributed by atoms with Crippen molar-refractivity contribution >= 4 is 34.4 Å². The smallest absolute Gasteiger partial charge is 0.258 e. The summed E-state index contributed by atoms with van der Waals surface area (Å²) in [6.07, 6.45) is 0. The zero-order valence-corrected chi connectivity index (χ0v) is 15.9. The molecule has 2 aromatic carbocycles. The van der Waals surface area contributed by atoms with Gasteiger partial charge in [-0.3, -0.25) is 9.59 Å². The first kappa shape index (κ1) is 19.0. The van der Waals surface area contributed by atoms with Gasteiger partial charge in [0.25, 0.3) is 11.8 Å². The Hall–Kier alpha value is -2.29. The molecule has 0 radical (unpaired) electrons. The molecule has 6 nitrogen and oxygen atoms in total. The summed E-state index contributed by atoms with van der Waals surface area (Å²) in [5, 5.41) is 5.42. The number of ether oxygens (including phenoxy) is 2. The van der Waals surface area contributed by atoms with Crippen LogP contribution in [0.4, 0.5) is 0 Å². The average Bonchev–Trinajstić information content (AvgIpc) is 2.64. The van der Waals surface area contributed by atoms with E-state index in [2.05, 4.69) is 33.2 Å². The Bertz CT molecular complexity index is 702. The van der Waals surface area contributed by atoms with Crippen molar-refractivity contribution < 1.29 is 19.1 Å². The molecule has 0 unspecified atom stereocenters. The summed E-state index contributed by atoms with van der Waals surface area (Å²) in [6, 6.07) is 14.2. The fraction of sp³-hybridized carbons (Fsp3) is 0.222. The minimum Gasteiger partial charge on any atom is -0.497 e. The molecule has 2 rings (SSSR count). The van der Waals surface area contributed by atoms with Crippen LogP contribution in [0.3, 0.4) is 0 Å². The molecule has 7 heteroatoms. The fourth-order valence-corrected chi connectivity index (χ4v) is 2.31. The molecule has 0 heterocycles. The maximum Gasteiger partial charge on any atom is 0.258 e. The van der Waals surface area contributed by atoms with Crippen molar-refractivity contribution in [1.82, 2.24) is 10.6 Å². The number of nitrogens with one attached hydrogen (secondary N) is 2. The molecule has 25 heavy (non-hydrogen) atoms. The molecular formula is C18H19IN2O4. The Labute approximate surface area is 160 Å². The van der Waals surface area contributed by atoms with Crippen LogP contribution in [0, 0.1) is 3.57 Å². The molecule has 0 fully saturated rings. The van der Waals surface area contributed by atoms with Crippen molar-refractivity contribution in [2.45, 2.75) is 0 Å². The van der Waals surface area contributed by atoms with Gasteiger partial charge in [-0.05, 0) is 71.1 Å². The number of hydrogen-bond acceptors (Lipinski definition) is 4. The number of halogens is 1. The van der Waals surface area contributed by atoms with Gasteiger partial charge in [0.05, 0.1) is 7.11 Å². The van der Waals surface area contributed by atoms with Crippen molar-refractivity contribution in [2.24, 2.45) is 0 Å². The van der Waals surface area contributed by atoms with Gasteiger partial charge in [-0.15, -0.1) is 0 Å². The molecule has 0 bridgehead atoms. The average molecular weight is 454 g/mol. The van der Waals surface area contributed by atoms with E-state index in [4.69, 9.17) is 9.47 Å². The first-order valence-corrected chi connectivity index (χ1v) is 8.73. The van der Waals surface area contributed by atoms with Gasteiger partial charge in [0, 0.05) is 22.2 Å². The first-order valence-electron chi connectivity index (χ1n) is 7.66. The summed E-state index contributed by atoms with van der Waals surface area (Å²) < 4.78 is 11.5. The SMILES string of the molecule is COc1ccc(C(=O)NCCNC(=O)COc2ccc(I)cc2)cc1. The number of amides is 2. The third-order valence-corrected chi connectivity index (χ3v) is 3.99. The molecule has 0 spiro atoms. The van der Waals surface area contributed by atoms with Crippen LogP contribution in [-0.4, -0.2) is 38.6 Å². The normalized spacial score (nSPS) is 10.0. The molecule has 0 saturated carbocycles. The number of carbonyl (C=O) groups is 2. The number of methoxy groups -OCH3 is 1. The highest BCUT2D eigenvalue weighted by molar-refractivity contribution is 14.1. The highest BCUT2D eigenvalue weighted by Gasteiger charge is 2.06. The lowest BCUT2D eigenvalue weighted by molar-refractivity contribution is -0.123. The van der Waals surface area contributed by atoms with E-state index in [1.165, 1.54) is 0 Å².